The number of hydrogen-bond donors (Lipinski definition) is 2. The molecule has 4 atom stereocenters. The van der Waals surface area contributed by atoms with Crippen LogP contribution >= 0.6 is 0 Å². The molecule has 3 rings (SSSR count). The zero-order chi connectivity index (χ0) is 17.8. The molecule has 2 aliphatic heterocycles. The van der Waals surface area contributed by atoms with Gasteiger partial charge >= 0.3 is 0 Å². The van der Waals surface area contributed by atoms with Gasteiger partial charge < -0.3 is 20.3 Å². The van der Waals surface area contributed by atoms with Crippen LogP contribution in [0, 0.1) is 11.8 Å². The summed E-state index contributed by atoms with van der Waals surface area (Å²) < 4.78 is 0. The van der Waals surface area contributed by atoms with E-state index in [1.807, 2.05) is 0 Å². The number of phenols is 1. The van der Waals surface area contributed by atoms with E-state index in [2.05, 4.69) is 0 Å². The van der Waals surface area contributed by atoms with Gasteiger partial charge in [0.15, 0.2) is 0 Å². The lowest BCUT2D eigenvalue weighted by Crippen LogP contribution is -2.98. The topological polar surface area (TPSA) is 114 Å². The van der Waals surface area contributed by atoms with E-state index in [1.165, 1.54) is 18.3 Å². The van der Waals surface area contributed by atoms with Crippen LogP contribution in [-0.4, -0.2) is 39.4 Å². The van der Waals surface area contributed by atoms with Crippen molar-refractivity contribution in [2.75, 3.05) is 0 Å². The van der Waals surface area contributed by atoms with E-state index in [9.17, 15) is 24.6 Å². The van der Waals surface area contributed by atoms with Crippen molar-refractivity contribution in [1.29, 1.82) is 0 Å². The van der Waals surface area contributed by atoms with Gasteiger partial charge in [-0.2, -0.15) is 0 Å². The van der Waals surface area contributed by atoms with Crippen LogP contribution in [-0.2, 0) is 14.4 Å². The fourth-order valence-corrected chi connectivity index (χ4v) is 4.04. The lowest BCUT2D eigenvalue weighted by molar-refractivity contribution is -0.735. The molecule has 0 aromatic heterocycles. The number of hydrogen-bond acceptors (Lipinski definition) is 5. The second kappa shape index (κ2) is 5.31. The zero-order valence-electron chi connectivity index (χ0n) is 13.7. The normalized spacial score (nSPS) is 32.5. The summed E-state index contributed by atoms with van der Waals surface area (Å²) >= 11 is 0. The van der Waals surface area contributed by atoms with E-state index in [0.717, 1.165) is 4.90 Å². The van der Waals surface area contributed by atoms with Gasteiger partial charge in [-0.1, -0.05) is 12.1 Å². The van der Waals surface area contributed by atoms with E-state index in [1.54, 1.807) is 32.0 Å². The molecule has 0 saturated carbocycles. The van der Waals surface area contributed by atoms with Gasteiger partial charge in [0, 0.05) is 6.04 Å². The largest absolute Gasteiger partial charge is 0.544 e. The molecule has 0 radical (unpaired) electrons. The minimum atomic E-state index is -1.56. The number of carbonyl (C=O) groups is 3. The van der Waals surface area contributed by atoms with Gasteiger partial charge in [0.1, 0.15) is 35.1 Å². The molecular weight excluding hydrogens is 312 g/mol. The van der Waals surface area contributed by atoms with Crippen molar-refractivity contribution in [2.24, 2.45) is 11.8 Å². The van der Waals surface area contributed by atoms with Gasteiger partial charge in [-0.25, -0.2) is 0 Å². The predicted molar refractivity (Wildman–Crippen MR) is 80.2 cm³/mol. The summed E-state index contributed by atoms with van der Waals surface area (Å²) in [5, 5.41) is 23.4. The number of phenolic OH excluding ortho intramolecular Hbond substituents is 1. The standard InChI is InChI=1S/C17H20N2O5/c1-8(2)19-14(21)11-12(15(19)22)17(3,16(23)24)18-13(11)9-6-4-5-7-10(9)20/h4-8,11-13,18,20H,1-3H3,(H,23,24)/t11-,12-,13-,17+/m0/s1. The van der Waals surface area contributed by atoms with Crippen molar-refractivity contribution in [3.63, 3.8) is 0 Å². The molecule has 1 aromatic carbocycles. The number of imide groups is 1. The fourth-order valence-electron chi connectivity index (χ4n) is 4.04. The molecule has 0 bridgehead atoms. The Hall–Kier alpha value is -2.41. The number of para-hydroxylation sites is 1. The summed E-state index contributed by atoms with van der Waals surface area (Å²) in [5.41, 5.74) is -1.11. The summed E-state index contributed by atoms with van der Waals surface area (Å²) in [5.74, 6) is -4.14. The van der Waals surface area contributed by atoms with Crippen molar-refractivity contribution in [2.45, 2.75) is 38.4 Å². The summed E-state index contributed by atoms with van der Waals surface area (Å²) in [6.07, 6.45) is 0. The number of carbonyl (C=O) groups excluding carboxylic acids is 3. The summed E-state index contributed by atoms with van der Waals surface area (Å²) in [7, 11) is 0. The first-order valence-corrected chi connectivity index (χ1v) is 7.92. The Labute approximate surface area is 139 Å². The molecule has 1 aromatic rings. The van der Waals surface area contributed by atoms with Crippen LogP contribution < -0.4 is 10.4 Å². The van der Waals surface area contributed by atoms with Crippen LogP contribution in [0.4, 0.5) is 0 Å². The molecule has 2 aliphatic rings. The van der Waals surface area contributed by atoms with E-state index in [-0.39, 0.29) is 11.8 Å². The second-order valence-corrected chi connectivity index (χ2v) is 6.97. The first-order chi connectivity index (χ1) is 11.2. The number of quaternary nitrogens is 1. The third-order valence-corrected chi connectivity index (χ3v) is 5.20. The van der Waals surface area contributed by atoms with Gasteiger partial charge in [0.2, 0.25) is 11.8 Å². The first-order valence-electron chi connectivity index (χ1n) is 7.92. The minimum absolute atomic E-state index is 0.0247. The van der Waals surface area contributed by atoms with Gasteiger partial charge in [0.25, 0.3) is 0 Å². The molecule has 2 saturated heterocycles. The Kier molecular flexibility index (Phi) is 3.64. The lowest BCUT2D eigenvalue weighted by atomic mass is 9.80. The molecule has 7 heteroatoms. The molecule has 2 heterocycles. The Morgan fingerprint density at radius 1 is 1.29 bits per heavy atom. The highest BCUT2D eigenvalue weighted by atomic mass is 16.4. The van der Waals surface area contributed by atoms with Crippen molar-refractivity contribution >= 4 is 17.8 Å². The highest BCUT2D eigenvalue weighted by molar-refractivity contribution is 6.08. The van der Waals surface area contributed by atoms with Crippen molar-refractivity contribution < 1.29 is 29.9 Å². The number of carboxylic acids is 1. The Balaban J connectivity index is 2.15. The van der Waals surface area contributed by atoms with Crippen LogP contribution in [0.1, 0.15) is 32.4 Å². The molecule has 3 N–H and O–H groups in total. The predicted octanol–water partition coefficient (Wildman–Crippen LogP) is -1.47. The molecule has 2 fully saturated rings. The van der Waals surface area contributed by atoms with E-state index >= 15 is 0 Å². The number of aromatic hydroxyl groups is 1. The van der Waals surface area contributed by atoms with E-state index in [0.29, 0.717) is 5.56 Å². The quantitative estimate of drug-likeness (QED) is 0.656. The fraction of sp³-hybridized carbons (Fsp3) is 0.471. The maximum Gasteiger partial charge on any atom is 0.240 e. The highest BCUT2D eigenvalue weighted by Gasteiger charge is 2.68. The summed E-state index contributed by atoms with van der Waals surface area (Å²) in [4.78, 5) is 38.5. The summed E-state index contributed by atoms with van der Waals surface area (Å²) in [6.45, 7) is 4.84. The zero-order valence-corrected chi connectivity index (χ0v) is 13.7. The Morgan fingerprint density at radius 2 is 1.92 bits per heavy atom. The number of rotatable bonds is 3. The molecule has 0 unspecified atom stereocenters. The number of amides is 2. The number of fused-ring (bicyclic) bond motifs is 1. The number of nitrogens with zero attached hydrogens (tertiary/aromatic N) is 1. The number of likely N-dealkylation sites (tertiary alicyclic amines) is 1. The molecular formula is C17H20N2O5. The van der Waals surface area contributed by atoms with Crippen molar-refractivity contribution in [3.05, 3.63) is 29.8 Å². The molecule has 0 spiro atoms. The second-order valence-electron chi connectivity index (χ2n) is 6.97. The maximum absolute atomic E-state index is 12.8. The van der Waals surface area contributed by atoms with Gasteiger partial charge in [-0.3, -0.25) is 14.5 Å². The van der Waals surface area contributed by atoms with Crippen LogP contribution in [0.5, 0.6) is 5.75 Å². The number of carboxylic acid groups (broad SMARTS) is 1. The molecule has 7 nitrogen and oxygen atoms in total. The first kappa shape index (κ1) is 16.4. The van der Waals surface area contributed by atoms with Gasteiger partial charge in [-0.15, -0.1) is 0 Å². The Morgan fingerprint density at radius 3 is 2.46 bits per heavy atom. The van der Waals surface area contributed by atoms with Gasteiger partial charge in [0.05, 0.1) is 5.56 Å². The van der Waals surface area contributed by atoms with Crippen LogP contribution in [0.25, 0.3) is 0 Å². The monoisotopic (exact) mass is 332 g/mol. The molecule has 24 heavy (non-hydrogen) atoms. The van der Waals surface area contributed by atoms with E-state index in [4.69, 9.17) is 0 Å². The van der Waals surface area contributed by atoms with Crippen molar-refractivity contribution in [3.8, 4) is 5.75 Å². The smallest absolute Gasteiger partial charge is 0.240 e. The molecule has 128 valence electrons. The molecule has 0 aliphatic carbocycles. The number of benzene rings is 1. The number of nitrogens with two attached hydrogens (primary N) is 1. The van der Waals surface area contributed by atoms with Crippen LogP contribution in [0.15, 0.2) is 24.3 Å². The Bertz CT molecular complexity index is 731. The molecule has 2 amide bonds. The maximum atomic E-state index is 12.8. The van der Waals surface area contributed by atoms with E-state index < -0.39 is 41.2 Å². The van der Waals surface area contributed by atoms with Crippen LogP contribution in [0.3, 0.4) is 0 Å². The van der Waals surface area contributed by atoms with Gasteiger partial charge in [-0.05, 0) is 32.9 Å². The number of aliphatic carboxylic acids is 1. The average molecular weight is 332 g/mol. The third-order valence-electron chi connectivity index (χ3n) is 5.20. The minimum Gasteiger partial charge on any atom is -0.544 e. The van der Waals surface area contributed by atoms with Crippen molar-refractivity contribution in [1.82, 2.24) is 4.90 Å². The SMILES string of the molecule is CC(C)N1C(=O)[C@H]2[C@@H](C1=O)[C@](C)(C(=O)[O-])[NH2+][C@H]2c1ccccc1O. The van der Waals surface area contributed by atoms with Crippen LogP contribution in [0.2, 0.25) is 0 Å². The summed E-state index contributed by atoms with van der Waals surface area (Å²) in [6, 6.07) is 5.46. The lowest BCUT2D eigenvalue weighted by Gasteiger charge is -2.29. The average Bonchev–Trinajstić information content (AvgIpc) is 2.95. The third kappa shape index (κ3) is 2.04. The highest BCUT2D eigenvalue weighted by Crippen LogP contribution is 2.45.